The highest BCUT2D eigenvalue weighted by Gasteiger charge is 2.10. The summed E-state index contributed by atoms with van der Waals surface area (Å²) >= 11 is 0. The zero-order valence-corrected chi connectivity index (χ0v) is 12.1. The van der Waals surface area contributed by atoms with Crippen LogP contribution in [0.2, 0.25) is 0 Å². The molecule has 0 bridgehead atoms. The van der Waals surface area contributed by atoms with Crippen LogP contribution in [0.15, 0.2) is 24.3 Å². The number of methoxy groups -OCH3 is 1. The minimum atomic E-state index is -2.84. The third kappa shape index (κ3) is 7.01. The molecule has 1 unspecified atom stereocenters. The van der Waals surface area contributed by atoms with Crippen molar-refractivity contribution in [3.63, 3.8) is 0 Å². The molecule has 1 amide bonds. The molecule has 118 valence electrons. The smallest absolute Gasteiger partial charge is 0.387 e. The molecule has 0 aliphatic heterocycles. The van der Waals surface area contributed by atoms with Crippen LogP contribution in [0.3, 0.4) is 0 Å². The Balaban J connectivity index is 2.40. The molecular formula is C14H20F2N2O3. The van der Waals surface area contributed by atoms with Crippen LogP contribution in [0.25, 0.3) is 0 Å². The Kier molecular flexibility index (Phi) is 7.63. The molecule has 0 aliphatic carbocycles. The molecule has 0 aliphatic rings. The molecule has 21 heavy (non-hydrogen) atoms. The van der Waals surface area contributed by atoms with Crippen molar-refractivity contribution in [2.24, 2.45) is 0 Å². The molecule has 0 fully saturated rings. The second kappa shape index (κ2) is 9.25. The maximum absolute atomic E-state index is 12.0. The Labute approximate surface area is 122 Å². The minimum Gasteiger partial charge on any atom is -0.435 e. The van der Waals surface area contributed by atoms with E-state index in [-0.39, 0.29) is 24.2 Å². The summed E-state index contributed by atoms with van der Waals surface area (Å²) in [4.78, 5) is 11.7. The summed E-state index contributed by atoms with van der Waals surface area (Å²) in [5.74, 6) is -0.0555. The summed E-state index contributed by atoms with van der Waals surface area (Å²) in [5.41, 5.74) is 0.807. The molecule has 7 heteroatoms. The van der Waals surface area contributed by atoms with Gasteiger partial charge in [-0.05, 0) is 24.6 Å². The fourth-order valence-electron chi connectivity index (χ4n) is 1.69. The van der Waals surface area contributed by atoms with E-state index in [1.54, 1.807) is 19.2 Å². The van der Waals surface area contributed by atoms with Gasteiger partial charge in [0.2, 0.25) is 5.91 Å². The highest BCUT2D eigenvalue weighted by molar-refractivity contribution is 5.78. The molecule has 5 nitrogen and oxygen atoms in total. The van der Waals surface area contributed by atoms with E-state index in [1.807, 2.05) is 6.92 Å². The first-order valence-corrected chi connectivity index (χ1v) is 6.56. The van der Waals surface area contributed by atoms with Crippen molar-refractivity contribution in [2.75, 3.05) is 26.8 Å². The van der Waals surface area contributed by atoms with Gasteiger partial charge >= 0.3 is 6.61 Å². The number of halogens is 2. The number of rotatable bonds is 9. The van der Waals surface area contributed by atoms with E-state index in [2.05, 4.69) is 15.4 Å². The lowest BCUT2D eigenvalue weighted by Crippen LogP contribution is -2.36. The number of ether oxygens (including phenoxy) is 2. The van der Waals surface area contributed by atoms with Gasteiger partial charge in [0, 0.05) is 13.7 Å². The monoisotopic (exact) mass is 302 g/mol. The normalized spacial score (nSPS) is 12.2. The van der Waals surface area contributed by atoms with E-state index in [1.165, 1.54) is 12.1 Å². The zero-order valence-electron chi connectivity index (χ0n) is 12.1. The van der Waals surface area contributed by atoms with Crippen LogP contribution >= 0.6 is 0 Å². The molecule has 0 saturated carbocycles. The molecule has 1 atom stereocenters. The van der Waals surface area contributed by atoms with Crippen LogP contribution in [0.5, 0.6) is 5.75 Å². The summed E-state index contributed by atoms with van der Waals surface area (Å²) in [6.45, 7) is 0.300. The first-order chi connectivity index (χ1) is 10.0. The van der Waals surface area contributed by atoms with Crippen molar-refractivity contribution in [2.45, 2.75) is 19.6 Å². The molecule has 0 heterocycles. The van der Waals surface area contributed by atoms with Gasteiger partial charge in [0.25, 0.3) is 0 Å². The maximum Gasteiger partial charge on any atom is 0.387 e. The van der Waals surface area contributed by atoms with Gasteiger partial charge in [-0.2, -0.15) is 8.78 Å². The van der Waals surface area contributed by atoms with Crippen LogP contribution in [0.1, 0.15) is 18.5 Å². The third-order valence-corrected chi connectivity index (χ3v) is 2.75. The summed E-state index contributed by atoms with van der Waals surface area (Å²) in [6, 6.07) is 5.95. The molecule has 1 aromatic carbocycles. The number of alkyl halides is 2. The van der Waals surface area contributed by atoms with E-state index >= 15 is 0 Å². The number of carbonyl (C=O) groups is 1. The van der Waals surface area contributed by atoms with Gasteiger partial charge in [0.15, 0.2) is 0 Å². The summed E-state index contributed by atoms with van der Waals surface area (Å²) in [5, 5.41) is 5.74. The quantitative estimate of drug-likeness (QED) is 0.682. The average Bonchev–Trinajstić information content (AvgIpc) is 2.43. The minimum absolute atomic E-state index is 0.0912. The van der Waals surface area contributed by atoms with Gasteiger partial charge in [-0.1, -0.05) is 12.1 Å². The predicted molar refractivity (Wildman–Crippen MR) is 74.4 cm³/mol. The molecule has 1 rings (SSSR count). The Morgan fingerprint density at radius 1 is 1.29 bits per heavy atom. The Morgan fingerprint density at radius 2 is 1.95 bits per heavy atom. The molecule has 0 spiro atoms. The van der Waals surface area contributed by atoms with Crippen molar-refractivity contribution in [3.8, 4) is 5.75 Å². The highest BCUT2D eigenvalue weighted by Crippen LogP contribution is 2.18. The Bertz CT molecular complexity index is 427. The van der Waals surface area contributed by atoms with Gasteiger partial charge in [0.1, 0.15) is 5.75 Å². The van der Waals surface area contributed by atoms with E-state index in [4.69, 9.17) is 4.74 Å². The van der Waals surface area contributed by atoms with Gasteiger partial charge in [-0.25, -0.2) is 0 Å². The fourth-order valence-corrected chi connectivity index (χ4v) is 1.69. The molecule has 1 aromatic rings. The summed E-state index contributed by atoms with van der Waals surface area (Å²) in [6.07, 6.45) is 0. The molecule has 0 saturated heterocycles. The number of amides is 1. The van der Waals surface area contributed by atoms with Crippen LogP contribution in [0, 0.1) is 0 Å². The van der Waals surface area contributed by atoms with E-state index in [9.17, 15) is 13.6 Å². The van der Waals surface area contributed by atoms with Crippen LogP contribution in [-0.4, -0.2) is 39.3 Å². The number of carbonyl (C=O) groups excluding carboxylic acids is 1. The summed E-state index contributed by atoms with van der Waals surface area (Å²) < 4.78 is 33.2. The van der Waals surface area contributed by atoms with E-state index in [0.29, 0.717) is 13.2 Å². The van der Waals surface area contributed by atoms with Crippen molar-refractivity contribution >= 4 is 5.91 Å². The lowest BCUT2D eigenvalue weighted by Gasteiger charge is -2.15. The lowest BCUT2D eigenvalue weighted by molar-refractivity contribution is -0.120. The summed E-state index contributed by atoms with van der Waals surface area (Å²) in [7, 11) is 1.59. The van der Waals surface area contributed by atoms with E-state index < -0.39 is 6.61 Å². The van der Waals surface area contributed by atoms with Crippen molar-refractivity contribution in [1.82, 2.24) is 10.6 Å². The first-order valence-electron chi connectivity index (χ1n) is 6.56. The molecule has 0 aromatic heterocycles. The molecule has 0 radical (unpaired) electrons. The van der Waals surface area contributed by atoms with Crippen LogP contribution < -0.4 is 15.4 Å². The Hall–Kier alpha value is -1.73. The van der Waals surface area contributed by atoms with Gasteiger partial charge < -0.3 is 20.1 Å². The SMILES string of the molecule is COCCNCC(=O)NC(C)c1ccc(OC(F)F)cc1. The largest absolute Gasteiger partial charge is 0.435 e. The fraction of sp³-hybridized carbons (Fsp3) is 0.500. The van der Waals surface area contributed by atoms with Crippen LogP contribution in [-0.2, 0) is 9.53 Å². The van der Waals surface area contributed by atoms with Gasteiger partial charge in [0.05, 0.1) is 19.2 Å². The molecule has 2 N–H and O–H groups in total. The topological polar surface area (TPSA) is 59.6 Å². The number of benzene rings is 1. The van der Waals surface area contributed by atoms with Gasteiger partial charge in [-0.3, -0.25) is 4.79 Å². The Morgan fingerprint density at radius 3 is 2.52 bits per heavy atom. The predicted octanol–water partition coefficient (Wildman–Crippen LogP) is 1.70. The van der Waals surface area contributed by atoms with E-state index in [0.717, 1.165) is 5.56 Å². The van der Waals surface area contributed by atoms with Crippen molar-refractivity contribution in [3.05, 3.63) is 29.8 Å². The number of nitrogens with one attached hydrogen (secondary N) is 2. The first kappa shape index (κ1) is 17.3. The van der Waals surface area contributed by atoms with Crippen molar-refractivity contribution in [1.29, 1.82) is 0 Å². The highest BCUT2D eigenvalue weighted by atomic mass is 19.3. The number of hydrogen-bond acceptors (Lipinski definition) is 4. The maximum atomic E-state index is 12.0. The second-order valence-corrected chi connectivity index (χ2v) is 4.41. The standard InChI is InChI=1S/C14H20F2N2O3/c1-10(18-13(19)9-17-7-8-20-2)11-3-5-12(6-4-11)21-14(15)16/h3-6,10,14,17H,7-9H2,1-2H3,(H,18,19). The molecular weight excluding hydrogens is 282 g/mol. The van der Waals surface area contributed by atoms with Gasteiger partial charge in [-0.15, -0.1) is 0 Å². The average molecular weight is 302 g/mol. The zero-order chi connectivity index (χ0) is 15.7. The van der Waals surface area contributed by atoms with Crippen LogP contribution in [0.4, 0.5) is 8.78 Å². The second-order valence-electron chi connectivity index (χ2n) is 4.41. The van der Waals surface area contributed by atoms with Crippen molar-refractivity contribution < 1.29 is 23.0 Å². The number of hydrogen-bond donors (Lipinski definition) is 2. The third-order valence-electron chi connectivity index (χ3n) is 2.75. The lowest BCUT2D eigenvalue weighted by atomic mass is 10.1.